The van der Waals surface area contributed by atoms with Gasteiger partial charge < -0.3 is 33.5 Å². The third-order valence-electron chi connectivity index (χ3n) is 9.79. The lowest BCUT2D eigenvalue weighted by Crippen LogP contribution is -2.58. The topological polar surface area (TPSA) is 195 Å². The Morgan fingerprint density at radius 3 is 1.78 bits per heavy atom. The van der Waals surface area contributed by atoms with Gasteiger partial charge in [0.15, 0.2) is 30.2 Å². The molecule has 55 heavy (non-hydrogen) atoms. The maximum absolute atomic E-state index is 14.7. The number of esters is 6. The highest BCUT2D eigenvalue weighted by atomic mass is 16.6. The van der Waals surface area contributed by atoms with E-state index in [9.17, 15) is 38.7 Å². The second-order valence-electron chi connectivity index (χ2n) is 15.8. The molecular formula is C41H54O14. The monoisotopic (exact) mass is 770 g/mol. The molecule has 0 aromatic heterocycles. The van der Waals surface area contributed by atoms with Crippen LogP contribution in [0.25, 0.3) is 0 Å². The van der Waals surface area contributed by atoms with Crippen LogP contribution in [0, 0.1) is 29.1 Å². The molecule has 2 aliphatic rings. The van der Waals surface area contributed by atoms with Crippen molar-refractivity contribution in [3.8, 4) is 0 Å². The second kappa shape index (κ2) is 17.3. The minimum Gasteiger partial charge on any atom is -0.458 e. The molecule has 9 atom stereocenters. The van der Waals surface area contributed by atoms with Crippen LogP contribution in [0.1, 0.15) is 92.9 Å². The van der Waals surface area contributed by atoms with Crippen LogP contribution in [0.3, 0.4) is 0 Å². The van der Waals surface area contributed by atoms with Gasteiger partial charge in [-0.05, 0) is 19.1 Å². The van der Waals surface area contributed by atoms with Crippen molar-refractivity contribution in [2.75, 3.05) is 0 Å². The summed E-state index contributed by atoms with van der Waals surface area (Å²) in [5.41, 5.74) is -6.06. The molecule has 1 saturated carbocycles. The molecule has 9 unspecified atom stereocenters. The number of fused-ring (bicyclic) bond motifs is 1. The van der Waals surface area contributed by atoms with Crippen LogP contribution in [-0.4, -0.2) is 88.4 Å². The zero-order chi connectivity index (χ0) is 41.8. The Hall–Kier alpha value is -4.85. The quantitative estimate of drug-likeness (QED) is 0.207. The van der Waals surface area contributed by atoms with Gasteiger partial charge in [0.1, 0.15) is 17.3 Å². The molecule has 0 aliphatic heterocycles. The summed E-state index contributed by atoms with van der Waals surface area (Å²) in [6, 6.07) is 7.76. The first kappa shape index (κ1) is 44.5. The van der Waals surface area contributed by atoms with E-state index in [-0.39, 0.29) is 11.1 Å². The van der Waals surface area contributed by atoms with Crippen molar-refractivity contribution < 1.29 is 67.1 Å². The van der Waals surface area contributed by atoms with E-state index in [2.05, 4.69) is 6.58 Å². The Labute approximate surface area is 321 Å². The third kappa shape index (κ3) is 10.1. The van der Waals surface area contributed by atoms with Gasteiger partial charge in [0.2, 0.25) is 0 Å². The molecule has 3 rings (SSSR count). The van der Waals surface area contributed by atoms with Crippen LogP contribution in [-0.2, 0) is 57.2 Å². The molecule has 14 heteroatoms. The normalized spacial score (nSPS) is 30.6. The summed E-state index contributed by atoms with van der Waals surface area (Å²) in [7, 11) is 0. The number of carbonyl (C=O) groups is 7. The molecule has 1 aromatic carbocycles. The van der Waals surface area contributed by atoms with Crippen molar-refractivity contribution in [2.45, 2.75) is 124 Å². The number of Topliss-reactive ketones (excluding diaryl/α,β-unsaturated/α-hetero) is 1. The first-order valence-corrected chi connectivity index (χ1v) is 18.2. The largest absolute Gasteiger partial charge is 0.458 e. The summed E-state index contributed by atoms with van der Waals surface area (Å²) in [6.07, 6.45) is -6.14. The van der Waals surface area contributed by atoms with Gasteiger partial charge in [-0.15, -0.1) is 0 Å². The Morgan fingerprint density at radius 1 is 0.764 bits per heavy atom. The standard InChI is InChI=1S/C41H54O14/c1-21(2)36(46)52-30-24(6)31(53-37(47)22(3)4)32(50-25(7)42)35(51-26(8)43)39(10,11)19-18-23(5)33(45)41(49)20-40(12,55-27(9)44)34(29(30)41)54-38(48)28-16-14-13-15-17-28/h13-19,21-23,29-32,34-35,49H,6,20H2,1-5,7-12H3. The summed E-state index contributed by atoms with van der Waals surface area (Å²) < 4.78 is 35.6. The van der Waals surface area contributed by atoms with E-state index in [1.54, 1.807) is 32.0 Å². The number of benzene rings is 1. The van der Waals surface area contributed by atoms with Gasteiger partial charge in [-0.25, -0.2) is 4.79 Å². The minimum atomic E-state index is -2.59. The van der Waals surface area contributed by atoms with Crippen molar-refractivity contribution in [1.82, 2.24) is 0 Å². The van der Waals surface area contributed by atoms with E-state index in [4.69, 9.17) is 28.4 Å². The molecule has 0 radical (unpaired) electrons. The summed E-state index contributed by atoms with van der Waals surface area (Å²) in [6.45, 7) is 19.7. The number of hydrogen-bond acceptors (Lipinski definition) is 14. The lowest BCUT2D eigenvalue weighted by atomic mass is 9.72. The number of hydrogen-bond donors (Lipinski definition) is 1. The van der Waals surface area contributed by atoms with Crippen LogP contribution in [0.15, 0.2) is 54.6 Å². The van der Waals surface area contributed by atoms with Crippen molar-refractivity contribution in [2.24, 2.45) is 29.1 Å². The number of aliphatic hydroxyl groups is 1. The van der Waals surface area contributed by atoms with Crippen molar-refractivity contribution in [3.05, 3.63) is 60.2 Å². The Morgan fingerprint density at radius 2 is 1.29 bits per heavy atom. The Balaban J connectivity index is 2.55. The molecule has 1 aromatic rings. The molecule has 0 saturated heterocycles. The van der Waals surface area contributed by atoms with Gasteiger partial charge in [-0.3, -0.25) is 28.8 Å². The van der Waals surface area contributed by atoms with Crippen molar-refractivity contribution in [3.63, 3.8) is 0 Å². The number of ketones is 1. The van der Waals surface area contributed by atoms with Crippen LogP contribution in [0.2, 0.25) is 0 Å². The van der Waals surface area contributed by atoms with E-state index in [0.717, 1.165) is 20.8 Å². The first-order valence-electron chi connectivity index (χ1n) is 18.2. The predicted molar refractivity (Wildman–Crippen MR) is 196 cm³/mol. The molecular weight excluding hydrogens is 716 g/mol. The molecule has 2 aliphatic carbocycles. The maximum atomic E-state index is 14.7. The number of allylic oxidation sites excluding steroid dienone is 1. The molecule has 0 bridgehead atoms. The summed E-state index contributed by atoms with van der Waals surface area (Å²) in [4.78, 5) is 94.0. The minimum absolute atomic E-state index is 0.0681. The number of ether oxygens (including phenoxy) is 6. The fourth-order valence-electron chi connectivity index (χ4n) is 7.10. The molecule has 0 heterocycles. The summed E-state index contributed by atoms with van der Waals surface area (Å²) in [5.74, 6) is -10.5. The SMILES string of the molecule is C=C1C(OC(=O)C(C)C)C(OC(C)=O)C(OC(C)=O)C(C)(C)C=CC(C)C(=O)C2(O)CC(C)(OC(C)=O)C(OC(=O)c3ccccc3)C2C1OC(=O)C(C)C. The third-order valence-corrected chi connectivity index (χ3v) is 9.79. The first-order chi connectivity index (χ1) is 25.4. The zero-order valence-corrected chi connectivity index (χ0v) is 33.4. The molecule has 302 valence electrons. The molecule has 14 nitrogen and oxygen atoms in total. The lowest BCUT2D eigenvalue weighted by Gasteiger charge is -2.44. The zero-order valence-electron chi connectivity index (χ0n) is 33.4. The fraction of sp³-hybridized carbons (Fsp3) is 0.585. The molecule has 0 spiro atoms. The van der Waals surface area contributed by atoms with E-state index in [0.29, 0.717) is 0 Å². The van der Waals surface area contributed by atoms with Crippen LogP contribution < -0.4 is 0 Å². The maximum Gasteiger partial charge on any atom is 0.338 e. The average molecular weight is 771 g/mol. The summed E-state index contributed by atoms with van der Waals surface area (Å²) >= 11 is 0. The molecule has 0 amide bonds. The van der Waals surface area contributed by atoms with Crippen LogP contribution >= 0.6 is 0 Å². The van der Waals surface area contributed by atoms with E-state index in [1.165, 1.54) is 65.8 Å². The van der Waals surface area contributed by atoms with Gasteiger partial charge >= 0.3 is 35.8 Å². The van der Waals surface area contributed by atoms with Crippen molar-refractivity contribution >= 4 is 41.6 Å². The average Bonchev–Trinajstić information content (AvgIpc) is 3.30. The summed E-state index contributed by atoms with van der Waals surface area (Å²) in [5, 5.41) is 12.9. The fourth-order valence-corrected chi connectivity index (χ4v) is 7.10. The number of rotatable bonds is 9. The van der Waals surface area contributed by atoms with Gasteiger partial charge in [0.25, 0.3) is 0 Å². The van der Waals surface area contributed by atoms with E-state index in [1.807, 2.05) is 0 Å². The van der Waals surface area contributed by atoms with Gasteiger partial charge in [-0.1, -0.05) is 85.4 Å². The highest BCUT2D eigenvalue weighted by molar-refractivity contribution is 5.93. The highest BCUT2D eigenvalue weighted by Crippen LogP contribution is 2.52. The van der Waals surface area contributed by atoms with Gasteiger partial charge in [0, 0.05) is 44.1 Å². The van der Waals surface area contributed by atoms with Gasteiger partial charge in [0.05, 0.1) is 23.3 Å². The molecule has 1 N–H and O–H groups in total. The Bertz CT molecular complexity index is 1690. The van der Waals surface area contributed by atoms with Crippen molar-refractivity contribution in [1.29, 1.82) is 0 Å². The van der Waals surface area contributed by atoms with E-state index < -0.39 is 119 Å². The number of carbonyl (C=O) groups excluding carboxylic acids is 7. The predicted octanol–water partition coefficient (Wildman–Crippen LogP) is 4.64. The van der Waals surface area contributed by atoms with Crippen LogP contribution in [0.5, 0.6) is 0 Å². The lowest BCUT2D eigenvalue weighted by molar-refractivity contribution is -0.193. The van der Waals surface area contributed by atoms with Crippen LogP contribution in [0.4, 0.5) is 0 Å². The molecule has 1 fully saturated rings. The highest BCUT2D eigenvalue weighted by Gasteiger charge is 2.69. The smallest absolute Gasteiger partial charge is 0.338 e. The van der Waals surface area contributed by atoms with Gasteiger partial charge in [-0.2, -0.15) is 0 Å². The van der Waals surface area contributed by atoms with E-state index >= 15 is 0 Å². The Kier molecular flexibility index (Phi) is 14.0. The second-order valence-corrected chi connectivity index (χ2v) is 15.8.